The van der Waals surface area contributed by atoms with Crippen LogP contribution in [0.3, 0.4) is 0 Å². The highest BCUT2D eigenvalue weighted by Gasteiger charge is 2.30. The fourth-order valence-corrected chi connectivity index (χ4v) is 2.18. The summed E-state index contributed by atoms with van der Waals surface area (Å²) in [4.78, 5) is 26.1. The fourth-order valence-electron chi connectivity index (χ4n) is 2.18. The first kappa shape index (κ1) is 16.9. The van der Waals surface area contributed by atoms with Crippen LogP contribution in [-0.4, -0.2) is 61.0 Å². The lowest BCUT2D eigenvalue weighted by Crippen LogP contribution is -2.60. The molecule has 1 saturated heterocycles. The summed E-state index contributed by atoms with van der Waals surface area (Å²) in [5.74, 6) is -0.0321. The Balaban J connectivity index is 2.58. The summed E-state index contributed by atoms with van der Waals surface area (Å²) in [5.41, 5.74) is -0.202. The van der Waals surface area contributed by atoms with Gasteiger partial charge < -0.3 is 16.0 Å². The minimum Gasteiger partial charge on any atom is -0.355 e. The Hall–Kier alpha value is -1.14. The molecule has 0 radical (unpaired) electrons. The second-order valence-electron chi connectivity index (χ2n) is 5.87. The van der Waals surface area contributed by atoms with Gasteiger partial charge in [-0.05, 0) is 27.2 Å². The molecule has 3 N–H and O–H groups in total. The van der Waals surface area contributed by atoms with Crippen molar-refractivity contribution in [2.24, 2.45) is 0 Å². The number of piperazine rings is 1. The van der Waals surface area contributed by atoms with Crippen molar-refractivity contribution in [3.05, 3.63) is 0 Å². The Morgan fingerprint density at radius 2 is 2.05 bits per heavy atom. The zero-order chi connectivity index (χ0) is 15.2. The highest BCUT2D eigenvalue weighted by Crippen LogP contribution is 2.08. The van der Waals surface area contributed by atoms with E-state index >= 15 is 0 Å². The summed E-state index contributed by atoms with van der Waals surface area (Å²) in [6.07, 6.45) is 0.875. The number of nitrogens with zero attached hydrogens (tertiary/aromatic N) is 1. The van der Waals surface area contributed by atoms with E-state index in [1.807, 2.05) is 32.6 Å². The number of carbonyl (C=O) groups excluding carboxylic acids is 2. The molecule has 0 aromatic carbocycles. The second-order valence-corrected chi connectivity index (χ2v) is 5.87. The highest BCUT2D eigenvalue weighted by molar-refractivity contribution is 5.84. The SMILES string of the molecule is CCNC(=O)C1CNCCN1CC(=O)NC(C)(C)CC. The van der Waals surface area contributed by atoms with Gasteiger partial charge in [0.2, 0.25) is 11.8 Å². The van der Waals surface area contributed by atoms with Crippen LogP contribution < -0.4 is 16.0 Å². The van der Waals surface area contributed by atoms with Gasteiger partial charge in [-0.1, -0.05) is 6.92 Å². The zero-order valence-corrected chi connectivity index (χ0v) is 13.1. The molecule has 1 heterocycles. The summed E-state index contributed by atoms with van der Waals surface area (Å²) in [5, 5.41) is 9.04. The smallest absolute Gasteiger partial charge is 0.238 e. The van der Waals surface area contributed by atoms with Gasteiger partial charge in [0.1, 0.15) is 6.04 Å². The molecule has 6 heteroatoms. The lowest BCUT2D eigenvalue weighted by atomic mass is 10.0. The lowest BCUT2D eigenvalue weighted by molar-refractivity contribution is -0.130. The molecule has 1 unspecified atom stereocenters. The Labute approximate surface area is 121 Å². The number of carbonyl (C=O) groups is 2. The average Bonchev–Trinajstić information content (AvgIpc) is 2.39. The number of nitrogens with one attached hydrogen (secondary N) is 3. The van der Waals surface area contributed by atoms with Crippen LogP contribution in [0.15, 0.2) is 0 Å². The molecule has 116 valence electrons. The predicted octanol–water partition coefficient (Wildman–Crippen LogP) is -0.299. The van der Waals surface area contributed by atoms with E-state index in [1.165, 1.54) is 0 Å². The monoisotopic (exact) mass is 284 g/mol. The van der Waals surface area contributed by atoms with Crippen molar-refractivity contribution in [2.75, 3.05) is 32.7 Å². The zero-order valence-electron chi connectivity index (χ0n) is 13.1. The van der Waals surface area contributed by atoms with E-state index in [-0.39, 0.29) is 29.9 Å². The van der Waals surface area contributed by atoms with E-state index in [1.54, 1.807) is 0 Å². The third kappa shape index (κ3) is 5.09. The first-order chi connectivity index (χ1) is 9.39. The van der Waals surface area contributed by atoms with Gasteiger partial charge in [0.05, 0.1) is 6.54 Å². The third-order valence-electron chi connectivity index (χ3n) is 3.72. The van der Waals surface area contributed by atoms with Crippen LogP contribution in [-0.2, 0) is 9.59 Å². The largest absolute Gasteiger partial charge is 0.355 e. The van der Waals surface area contributed by atoms with E-state index in [0.29, 0.717) is 19.6 Å². The van der Waals surface area contributed by atoms with Crippen molar-refractivity contribution in [1.29, 1.82) is 0 Å². The highest BCUT2D eigenvalue weighted by atomic mass is 16.2. The first-order valence-electron chi connectivity index (χ1n) is 7.43. The maximum absolute atomic E-state index is 12.1. The van der Waals surface area contributed by atoms with Gasteiger partial charge in [0.25, 0.3) is 0 Å². The predicted molar refractivity (Wildman–Crippen MR) is 79.4 cm³/mol. The molecular weight excluding hydrogens is 256 g/mol. The number of hydrogen-bond donors (Lipinski definition) is 3. The topological polar surface area (TPSA) is 73.5 Å². The van der Waals surface area contributed by atoms with E-state index in [0.717, 1.165) is 13.0 Å². The lowest BCUT2D eigenvalue weighted by Gasteiger charge is -2.35. The van der Waals surface area contributed by atoms with Crippen molar-refractivity contribution in [3.8, 4) is 0 Å². The van der Waals surface area contributed by atoms with Crippen molar-refractivity contribution < 1.29 is 9.59 Å². The van der Waals surface area contributed by atoms with Gasteiger partial charge >= 0.3 is 0 Å². The maximum atomic E-state index is 12.1. The molecule has 2 amide bonds. The van der Waals surface area contributed by atoms with E-state index in [4.69, 9.17) is 0 Å². The van der Waals surface area contributed by atoms with E-state index < -0.39 is 0 Å². The quantitative estimate of drug-likeness (QED) is 0.626. The molecule has 0 aromatic heterocycles. The molecular formula is C14H28N4O2. The van der Waals surface area contributed by atoms with E-state index in [9.17, 15) is 9.59 Å². The Morgan fingerprint density at radius 3 is 2.65 bits per heavy atom. The fraction of sp³-hybridized carbons (Fsp3) is 0.857. The minimum atomic E-state index is -0.265. The van der Waals surface area contributed by atoms with Crippen LogP contribution >= 0.6 is 0 Å². The Morgan fingerprint density at radius 1 is 1.35 bits per heavy atom. The van der Waals surface area contributed by atoms with Gasteiger partial charge in [-0.15, -0.1) is 0 Å². The molecule has 1 atom stereocenters. The van der Waals surface area contributed by atoms with Crippen molar-refractivity contribution in [2.45, 2.75) is 45.7 Å². The summed E-state index contributed by atoms with van der Waals surface area (Å²) >= 11 is 0. The van der Waals surface area contributed by atoms with Crippen LogP contribution in [0, 0.1) is 0 Å². The van der Waals surface area contributed by atoms with Crippen molar-refractivity contribution in [3.63, 3.8) is 0 Å². The average molecular weight is 284 g/mol. The van der Waals surface area contributed by atoms with E-state index in [2.05, 4.69) is 16.0 Å². The standard InChI is InChI=1S/C14H28N4O2/c1-5-14(3,4)17-12(19)10-18-8-7-15-9-11(18)13(20)16-6-2/h11,15H,5-10H2,1-4H3,(H,16,20)(H,17,19). The summed E-state index contributed by atoms with van der Waals surface area (Å²) < 4.78 is 0. The molecule has 1 rings (SSSR count). The Bertz CT molecular complexity index is 344. The third-order valence-corrected chi connectivity index (χ3v) is 3.72. The molecule has 0 aliphatic carbocycles. The normalized spacial score (nSPS) is 20.5. The molecule has 1 aliphatic rings. The maximum Gasteiger partial charge on any atom is 0.238 e. The molecule has 0 bridgehead atoms. The van der Waals surface area contributed by atoms with Crippen molar-refractivity contribution in [1.82, 2.24) is 20.9 Å². The molecule has 1 fully saturated rings. The Kier molecular flexibility index (Phi) is 6.42. The van der Waals surface area contributed by atoms with Gasteiger partial charge in [-0.25, -0.2) is 0 Å². The van der Waals surface area contributed by atoms with Crippen LogP contribution in [0.25, 0.3) is 0 Å². The van der Waals surface area contributed by atoms with Crippen LogP contribution in [0.4, 0.5) is 0 Å². The van der Waals surface area contributed by atoms with Gasteiger partial charge in [-0.2, -0.15) is 0 Å². The van der Waals surface area contributed by atoms with Crippen LogP contribution in [0.2, 0.25) is 0 Å². The number of rotatable bonds is 6. The second kappa shape index (κ2) is 7.59. The van der Waals surface area contributed by atoms with Gasteiger partial charge in [0.15, 0.2) is 0 Å². The number of hydrogen-bond acceptors (Lipinski definition) is 4. The molecule has 0 saturated carbocycles. The van der Waals surface area contributed by atoms with Crippen molar-refractivity contribution >= 4 is 11.8 Å². The molecule has 0 aromatic rings. The van der Waals surface area contributed by atoms with Gasteiger partial charge in [-0.3, -0.25) is 14.5 Å². The summed E-state index contributed by atoms with van der Waals surface area (Å²) in [6, 6.07) is -0.265. The molecule has 0 spiro atoms. The van der Waals surface area contributed by atoms with Crippen LogP contribution in [0.5, 0.6) is 0 Å². The summed E-state index contributed by atoms with van der Waals surface area (Å²) in [7, 11) is 0. The summed E-state index contributed by atoms with van der Waals surface area (Å²) in [6.45, 7) is 10.9. The molecule has 1 aliphatic heterocycles. The van der Waals surface area contributed by atoms with Gasteiger partial charge in [0, 0.05) is 31.7 Å². The first-order valence-corrected chi connectivity index (χ1v) is 7.43. The molecule has 6 nitrogen and oxygen atoms in total. The number of amides is 2. The molecule has 20 heavy (non-hydrogen) atoms. The minimum absolute atomic E-state index is 0.0118. The number of likely N-dealkylation sites (N-methyl/N-ethyl adjacent to an activating group) is 1. The van der Waals surface area contributed by atoms with Crippen LogP contribution in [0.1, 0.15) is 34.1 Å².